The third-order valence-corrected chi connectivity index (χ3v) is 2.17. The van der Waals surface area contributed by atoms with Crippen molar-refractivity contribution >= 4 is 17.8 Å². The Kier molecular flexibility index (Phi) is 3.79. The third kappa shape index (κ3) is 3.02. The van der Waals surface area contributed by atoms with Gasteiger partial charge in [-0.2, -0.15) is 0 Å². The Hall–Kier alpha value is -1.43. The number of piperazine rings is 1. The maximum atomic E-state index is 11.2. The Morgan fingerprint density at radius 1 is 1.60 bits per heavy atom. The van der Waals surface area contributed by atoms with Crippen LogP contribution in [0.2, 0.25) is 0 Å². The SMILES string of the molecule is CCOC(=O)CN1CC(=O)NC(=O)C1C. The molecular formula is C9H14N2O4. The zero-order valence-electron chi connectivity index (χ0n) is 8.78. The van der Waals surface area contributed by atoms with Crippen LogP contribution < -0.4 is 5.32 Å². The zero-order valence-corrected chi connectivity index (χ0v) is 8.78. The molecule has 0 radical (unpaired) electrons. The van der Waals surface area contributed by atoms with Crippen molar-refractivity contribution in [2.75, 3.05) is 19.7 Å². The monoisotopic (exact) mass is 214 g/mol. The molecule has 1 atom stereocenters. The molecule has 0 spiro atoms. The molecular weight excluding hydrogens is 200 g/mol. The molecule has 1 unspecified atom stereocenters. The highest BCUT2D eigenvalue weighted by atomic mass is 16.5. The summed E-state index contributed by atoms with van der Waals surface area (Å²) in [5.74, 6) is -1.19. The standard InChI is InChI=1S/C9H14N2O4/c1-3-15-8(13)5-11-4-7(12)10-9(14)6(11)2/h6H,3-5H2,1-2H3,(H,10,12,14). The van der Waals surface area contributed by atoms with E-state index in [1.165, 1.54) is 4.90 Å². The van der Waals surface area contributed by atoms with E-state index in [0.717, 1.165) is 0 Å². The average Bonchev–Trinajstić information content (AvgIpc) is 2.13. The van der Waals surface area contributed by atoms with Crippen LogP contribution in [0.1, 0.15) is 13.8 Å². The molecule has 6 heteroatoms. The predicted octanol–water partition coefficient (Wildman–Crippen LogP) is -1.10. The van der Waals surface area contributed by atoms with Crippen molar-refractivity contribution in [1.29, 1.82) is 0 Å². The van der Waals surface area contributed by atoms with Crippen molar-refractivity contribution in [2.45, 2.75) is 19.9 Å². The molecule has 1 N–H and O–H groups in total. The summed E-state index contributed by atoms with van der Waals surface area (Å²) in [4.78, 5) is 34.9. The van der Waals surface area contributed by atoms with Crippen molar-refractivity contribution in [3.63, 3.8) is 0 Å². The van der Waals surface area contributed by atoms with E-state index in [1.807, 2.05) is 0 Å². The van der Waals surface area contributed by atoms with Gasteiger partial charge in [0.25, 0.3) is 0 Å². The molecule has 0 bridgehead atoms. The number of rotatable bonds is 3. The molecule has 0 aromatic carbocycles. The summed E-state index contributed by atoms with van der Waals surface area (Å²) < 4.78 is 4.74. The highest BCUT2D eigenvalue weighted by Crippen LogP contribution is 2.04. The largest absolute Gasteiger partial charge is 0.465 e. The molecule has 15 heavy (non-hydrogen) atoms. The quantitative estimate of drug-likeness (QED) is 0.476. The average molecular weight is 214 g/mol. The van der Waals surface area contributed by atoms with Crippen LogP contribution in [-0.4, -0.2) is 48.4 Å². The summed E-state index contributed by atoms with van der Waals surface area (Å²) >= 11 is 0. The summed E-state index contributed by atoms with van der Waals surface area (Å²) in [6.07, 6.45) is 0. The van der Waals surface area contributed by atoms with Crippen molar-refractivity contribution in [3.8, 4) is 0 Å². The van der Waals surface area contributed by atoms with E-state index in [-0.39, 0.29) is 24.9 Å². The van der Waals surface area contributed by atoms with Gasteiger partial charge in [0.05, 0.1) is 25.7 Å². The van der Waals surface area contributed by atoms with E-state index >= 15 is 0 Å². The molecule has 0 aliphatic carbocycles. The fraction of sp³-hybridized carbons (Fsp3) is 0.667. The Bertz CT molecular complexity index is 290. The van der Waals surface area contributed by atoms with Gasteiger partial charge in [-0.05, 0) is 13.8 Å². The van der Waals surface area contributed by atoms with Crippen LogP contribution >= 0.6 is 0 Å². The Morgan fingerprint density at radius 3 is 2.87 bits per heavy atom. The van der Waals surface area contributed by atoms with Crippen LogP contribution in [0.3, 0.4) is 0 Å². The second-order valence-corrected chi connectivity index (χ2v) is 3.30. The first-order valence-electron chi connectivity index (χ1n) is 4.78. The molecule has 1 heterocycles. The van der Waals surface area contributed by atoms with Crippen LogP contribution in [0.25, 0.3) is 0 Å². The van der Waals surface area contributed by atoms with Crippen molar-refractivity contribution in [1.82, 2.24) is 10.2 Å². The summed E-state index contributed by atoms with van der Waals surface area (Å²) in [5, 5.41) is 2.19. The van der Waals surface area contributed by atoms with E-state index < -0.39 is 12.0 Å². The highest BCUT2D eigenvalue weighted by molar-refractivity contribution is 6.01. The topological polar surface area (TPSA) is 75.7 Å². The van der Waals surface area contributed by atoms with Crippen LogP contribution in [0, 0.1) is 0 Å². The van der Waals surface area contributed by atoms with E-state index in [2.05, 4.69) is 5.32 Å². The van der Waals surface area contributed by atoms with Crippen molar-refractivity contribution in [2.24, 2.45) is 0 Å². The fourth-order valence-corrected chi connectivity index (χ4v) is 1.33. The lowest BCUT2D eigenvalue weighted by Gasteiger charge is -2.30. The number of carbonyl (C=O) groups is 3. The second-order valence-electron chi connectivity index (χ2n) is 3.30. The molecule has 1 fully saturated rings. The molecule has 84 valence electrons. The first-order valence-corrected chi connectivity index (χ1v) is 4.78. The summed E-state index contributed by atoms with van der Waals surface area (Å²) in [6.45, 7) is 3.65. The van der Waals surface area contributed by atoms with Gasteiger partial charge in [0.15, 0.2) is 0 Å². The molecule has 0 saturated carbocycles. The van der Waals surface area contributed by atoms with Crippen LogP contribution in [0.5, 0.6) is 0 Å². The van der Waals surface area contributed by atoms with E-state index in [9.17, 15) is 14.4 Å². The van der Waals surface area contributed by atoms with Gasteiger partial charge >= 0.3 is 5.97 Å². The Morgan fingerprint density at radius 2 is 2.27 bits per heavy atom. The normalized spacial score (nSPS) is 22.4. The number of esters is 1. The van der Waals surface area contributed by atoms with Gasteiger partial charge in [-0.1, -0.05) is 0 Å². The summed E-state index contributed by atoms with van der Waals surface area (Å²) in [7, 11) is 0. The van der Waals surface area contributed by atoms with Gasteiger partial charge in [0.2, 0.25) is 11.8 Å². The lowest BCUT2D eigenvalue weighted by Crippen LogP contribution is -2.57. The Labute approximate surface area is 87.6 Å². The molecule has 1 aliphatic heterocycles. The van der Waals surface area contributed by atoms with Gasteiger partial charge < -0.3 is 4.74 Å². The molecule has 1 saturated heterocycles. The lowest BCUT2D eigenvalue weighted by atomic mass is 10.2. The van der Waals surface area contributed by atoms with E-state index in [4.69, 9.17) is 4.74 Å². The van der Waals surface area contributed by atoms with E-state index in [1.54, 1.807) is 13.8 Å². The maximum Gasteiger partial charge on any atom is 0.320 e. The highest BCUT2D eigenvalue weighted by Gasteiger charge is 2.31. The molecule has 2 amide bonds. The third-order valence-electron chi connectivity index (χ3n) is 2.17. The number of amides is 2. The molecule has 6 nitrogen and oxygen atoms in total. The molecule has 0 aromatic rings. The van der Waals surface area contributed by atoms with Crippen LogP contribution in [0.15, 0.2) is 0 Å². The number of imide groups is 1. The van der Waals surface area contributed by atoms with E-state index in [0.29, 0.717) is 6.61 Å². The summed E-state index contributed by atoms with van der Waals surface area (Å²) in [6, 6.07) is -0.480. The molecule has 1 aliphatic rings. The minimum Gasteiger partial charge on any atom is -0.465 e. The number of carbonyl (C=O) groups excluding carboxylic acids is 3. The first-order chi connectivity index (χ1) is 7.04. The second kappa shape index (κ2) is 4.88. The first kappa shape index (κ1) is 11.6. The number of nitrogens with zero attached hydrogens (tertiary/aromatic N) is 1. The fourth-order valence-electron chi connectivity index (χ4n) is 1.33. The minimum atomic E-state index is -0.480. The van der Waals surface area contributed by atoms with Gasteiger partial charge in [-0.15, -0.1) is 0 Å². The predicted molar refractivity (Wildman–Crippen MR) is 50.8 cm³/mol. The summed E-state index contributed by atoms with van der Waals surface area (Å²) in [5.41, 5.74) is 0. The van der Waals surface area contributed by atoms with Crippen LogP contribution in [-0.2, 0) is 19.1 Å². The number of hydrogen-bond acceptors (Lipinski definition) is 5. The van der Waals surface area contributed by atoms with Crippen LogP contribution in [0.4, 0.5) is 0 Å². The minimum absolute atomic E-state index is 0.0336. The van der Waals surface area contributed by atoms with Crippen molar-refractivity contribution < 1.29 is 19.1 Å². The Balaban J connectivity index is 2.55. The number of hydrogen-bond donors (Lipinski definition) is 1. The molecule has 0 aromatic heterocycles. The maximum absolute atomic E-state index is 11.2. The van der Waals surface area contributed by atoms with Gasteiger partial charge in [-0.25, -0.2) is 0 Å². The van der Waals surface area contributed by atoms with Gasteiger partial charge in [0, 0.05) is 0 Å². The van der Waals surface area contributed by atoms with Crippen molar-refractivity contribution in [3.05, 3.63) is 0 Å². The zero-order chi connectivity index (χ0) is 11.4. The smallest absolute Gasteiger partial charge is 0.320 e. The molecule has 1 rings (SSSR count). The number of nitrogens with one attached hydrogen (secondary N) is 1. The van der Waals surface area contributed by atoms with Gasteiger partial charge in [-0.3, -0.25) is 24.6 Å². The number of ether oxygens (including phenoxy) is 1. The van der Waals surface area contributed by atoms with Gasteiger partial charge in [0.1, 0.15) is 0 Å². The lowest BCUT2D eigenvalue weighted by molar-refractivity contribution is -0.148.